The van der Waals surface area contributed by atoms with E-state index >= 15 is 0 Å². The molecule has 0 saturated carbocycles. The van der Waals surface area contributed by atoms with Crippen LogP contribution in [0.1, 0.15) is 45.0 Å². The Morgan fingerprint density at radius 3 is 2.55 bits per heavy atom. The van der Waals surface area contributed by atoms with Crippen molar-refractivity contribution in [1.29, 1.82) is 0 Å². The van der Waals surface area contributed by atoms with Crippen LogP contribution in [0.4, 0.5) is 0 Å². The molecule has 114 valence electrons. The van der Waals surface area contributed by atoms with E-state index in [0.29, 0.717) is 19.4 Å². The zero-order valence-electron chi connectivity index (χ0n) is 13.2. The van der Waals surface area contributed by atoms with Gasteiger partial charge in [-0.25, -0.2) is 0 Å². The Balaban J connectivity index is 2.52. The summed E-state index contributed by atoms with van der Waals surface area (Å²) in [5, 5.41) is 16.5. The molecule has 2 N–H and O–H groups in total. The Kier molecular flexibility index (Phi) is 5.74. The fourth-order valence-electron chi connectivity index (χ4n) is 2.23. The van der Waals surface area contributed by atoms with Crippen LogP contribution in [0.15, 0.2) is 6.07 Å². The lowest BCUT2D eigenvalue weighted by Gasteiger charge is -2.31. The highest BCUT2D eigenvalue weighted by Gasteiger charge is 2.25. The normalized spacial score (nSPS) is 13.3. The second kappa shape index (κ2) is 6.88. The average Bonchev–Trinajstić information content (AvgIpc) is 2.63. The largest absolute Gasteiger partial charge is 0.396 e. The van der Waals surface area contributed by atoms with Crippen molar-refractivity contribution >= 4 is 5.91 Å². The summed E-state index contributed by atoms with van der Waals surface area (Å²) in [6.07, 6.45) is 0.981. The van der Waals surface area contributed by atoms with E-state index in [9.17, 15) is 4.79 Å². The number of nitrogens with one attached hydrogen (secondary N) is 1. The van der Waals surface area contributed by atoms with Crippen LogP contribution in [0, 0.1) is 19.3 Å². The van der Waals surface area contributed by atoms with E-state index in [1.165, 1.54) is 0 Å². The van der Waals surface area contributed by atoms with Gasteiger partial charge in [-0.3, -0.25) is 9.48 Å². The van der Waals surface area contributed by atoms with Crippen molar-refractivity contribution in [3.05, 3.63) is 17.5 Å². The van der Waals surface area contributed by atoms with E-state index in [1.54, 1.807) is 0 Å². The van der Waals surface area contributed by atoms with Gasteiger partial charge in [0.2, 0.25) is 5.91 Å². The number of hydrogen-bond acceptors (Lipinski definition) is 3. The van der Waals surface area contributed by atoms with Gasteiger partial charge in [-0.2, -0.15) is 5.10 Å². The predicted octanol–water partition coefficient (Wildman–Crippen LogP) is 1.80. The van der Waals surface area contributed by atoms with Crippen molar-refractivity contribution in [3.63, 3.8) is 0 Å². The molecule has 0 aliphatic heterocycles. The van der Waals surface area contributed by atoms with Gasteiger partial charge in [0.25, 0.3) is 0 Å². The first-order valence-corrected chi connectivity index (χ1v) is 7.15. The summed E-state index contributed by atoms with van der Waals surface area (Å²) < 4.78 is 1.85. The molecule has 1 aromatic heterocycles. The van der Waals surface area contributed by atoms with Crippen molar-refractivity contribution in [2.45, 2.75) is 60.0 Å². The molecular weight excluding hydrogens is 254 g/mol. The first-order valence-electron chi connectivity index (χ1n) is 7.15. The zero-order chi connectivity index (χ0) is 15.3. The maximum Gasteiger partial charge on any atom is 0.222 e. The monoisotopic (exact) mass is 281 g/mol. The molecule has 0 bridgehead atoms. The first kappa shape index (κ1) is 16.7. The van der Waals surface area contributed by atoms with Gasteiger partial charge >= 0.3 is 0 Å². The smallest absolute Gasteiger partial charge is 0.222 e. The maximum absolute atomic E-state index is 12.0. The van der Waals surface area contributed by atoms with Crippen molar-refractivity contribution in [1.82, 2.24) is 15.1 Å². The molecule has 5 nitrogen and oxygen atoms in total. The Labute approximate surface area is 121 Å². The van der Waals surface area contributed by atoms with Crippen LogP contribution < -0.4 is 5.32 Å². The van der Waals surface area contributed by atoms with E-state index in [2.05, 4.69) is 31.2 Å². The number of carbonyl (C=O) groups excluding carboxylic acids is 1. The Bertz CT molecular complexity index is 446. The molecule has 0 aliphatic carbocycles. The third-order valence-electron chi connectivity index (χ3n) is 3.45. The number of amides is 1. The van der Waals surface area contributed by atoms with E-state index in [4.69, 9.17) is 5.11 Å². The van der Waals surface area contributed by atoms with Gasteiger partial charge in [0.15, 0.2) is 0 Å². The van der Waals surface area contributed by atoms with Crippen LogP contribution in [0.2, 0.25) is 0 Å². The van der Waals surface area contributed by atoms with Gasteiger partial charge in [-0.15, -0.1) is 0 Å². The highest BCUT2D eigenvalue weighted by molar-refractivity contribution is 5.76. The number of carbonyl (C=O) groups is 1. The summed E-state index contributed by atoms with van der Waals surface area (Å²) in [5.41, 5.74) is 1.98. The second-order valence-corrected chi connectivity index (χ2v) is 6.40. The molecule has 0 spiro atoms. The topological polar surface area (TPSA) is 67.2 Å². The fourth-order valence-corrected chi connectivity index (χ4v) is 2.23. The molecule has 0 fully saturated rings. The molecule has 1 aromatic rings. The van der Waals surface area contributed by atoms with Gasteiger partial charge < -0.3 is 10.4 Å². The zero-order valence-corrected chi connectivity index (χ0v) is 13.2. The summed E-state index contributed by atoms with van der Waals surface area (Å²) >= 11 is 0. The standard InChI is InChI=1S/C15H27N3O2/c1-11-10-12(2)18(17-11)8-6-14(20)16-13(7-9-19)15(3,4)5/h10,13,19H,6-9H2,1-5H3,(H,16,20). The van der Waals surface area contributed by atoms with Crippen LogP contribution in [0.5, 0.6) is 0 Å². The number of aliphatic hydroxyl groups excluding tert-OH is 1. The summed E-state index contributed by atoms with van der Waals surface area (Å²) in [6, 6.07) is 1.99. The van der Waals surface area contributed by atoms with Crippen LogP contribution in [-0.2, 0) is 11.3 Å². The van der Waals surface area contributed by atoms with Crippen LogP contribution in [0.25, 0.3) is 0 Å². The lowest BCUT2D eigenvalue weighted by atomic mass is 9.85. The van der Waals surface area contributed by atoms with Gasteiger partial charge in [-0.1, -0.05) is 20.8 Å². The summed E-state index contributed by atoms with van der Waals surface area (Å²) in [5.74, 6) is 0.00549. The number of rotatable bonds is 6. The molecule has 1 heterocycles. The first-order chi connectivity index (χ1) is 9.24. The molecule has 1 amide bonds. The molecule has 20 heavy (non-hydrogen) atoms. The molecule has 0 aromatic carbocycles. The van der Waals surface area contributed by atoms with Crippen molar-refractivity contribution < 1.29 is 9.90 Å². The Hall–Kier alpha value is -1.36. The maximum atomic E-state index is 12.0. The van der Waals surface area contributed by atoms with Gasteiger partial charge in [0.1, 0.15) is 0 Å². The molecule has 1 unspecified atom stereocenters. The SMILES string of the molecule is Cc1cc(C)n(CCC(=O)NC(CCO)C(C)(C)C)n1. The average molecular weight is 281 g/mol. The second-order valence-electron chi connectivity index (χ2n) is 6.40. The van der Waals surface area contributed by atoms with Gasteiger partial charge in [-0.05, 0) is 31.7 Å². The molecular formula is C15H27N3O2. The van der Waals surface area contributed by atoms with Gasteiger partial charge in [0.05, 0.1) is 5.69 Å². The number of aryl methyl sites for hydroxylation is 3. The van der Waals surface area contributed by atoms with E-state index < -0.39 is 0 Å². The highest BCUT2D eigenvalue weighted by atomic mass is 16.3. The third-order valence-corrected chi connectivity index (χ3v) is 3.45. The minimum atomic E-state index is -0.0589. The van der Waals surface area contributed by atoms with Crippen LogP contribution in [0.3, 0.4) is 0 Å². The number of aliphatic hydroxyl groups is 1. The molecule has 5 heteroatoms. The van der Waals surface area contributed by atoms with E-state index in [-0.39, 0.29) is 24.0 Å². The summed E-state index contributed by atoms with van der Waals surface area (Å²) in [4.78, 5) is 12.0. The predicted molar refractivity (Wildman–Crippen MR) is 79.4 cm³/mol. The van der Waals surface area contributed by atoms with E-state index in [0.717, 1.165) is 11.4 Å². The van der Waals surface area contributed by atoms with Crippen LogP contribution >= 0.6 is 0 Å². The Morgan fingerprint density at radius 1 is 1.45 bits per heavy atom. The third kappa shape index (κ3) is 4.96. The molecule has 0 aliphatic rings. The van der Waals surface area contributed by atoms with Crippen molar-refractivity contribution in [3.8, 4) is 0 Å². The molecule has 0 radical (unpaired) electrons. The van der Waals surface area contributed by atoms with E-state index in [1.807, 2.05) is 24.6 Å². The van der Waals surface area contributed by atoms with Crippen molar-refractivity contribution in [2.75, 3.05) is 6.61 Å². The lowest BCUT2D eigenvalue weighted by molar-refractivity contribution is -0.123. The minimum absolute atomic E-state index is 0.00549. The molecule has 0 saturated heterocycles. The van der Waals surface area contributed by atoms with Gasteiger partial charge in [0, 0.05) is 31.3 Å². The minimum Gasteiger partial charge on any atom is -0.396 e. The number of nitrogens with zero attached hydrogens (tertiary/aromatic N) is 2. The lowest BCUT2D eigenvalue weighted by Crippen LogP contribution is -2.44. The molecule has 1 rings (SSSR count). The Morgan fingerprint density at radius 2 is 2.10 bits per heavy atom. The molecule has 1 atom stereocenters. The quantitative estimate of drug-likeness (QED) is 0.835. The van der Waals surface area contributed by atoms with Crippen LogP contribution in [-0.4, -0.2) is 33.4 Å². The number of hydrogen-bond donors (Lipinski definition) is 2. The van der Waals surface area contributed by atoms with Crippen molar-refractivity contribution in [2.24, 2.45) is 5.41 Å². The summed E-state index contributed by atoms with van der Waals surface area (Å²) in [7, 11) is 0. The number of aromatic nitrogens is 2. The highest BCUT2D eigenvalue weighted by Crippen LogP contribution is 2.21. The summed E-state index contributed by atoms with van der Waals surface area (Å²) in [6.45, 7) is 10.8. The fraction of sp³-hybridized carbons (Fsp3) is 0.733.